The average Bonchev–Trinajstić information content (AvgIpc) is 3.15. The van der Waals surface area contributed by atoms with E-state index in [-0.39, 0.29) is 66.9 Å². The van der Waals surface area contributed by atoms with E-state index in [1.165, 1.54) is 6.92 Å². The van der Waals surface area contributed by atoms with Crippen molar-refractivity contribution in [1.29, 1.82) is 0 Å². The normalized spacial score (nSPS) is 40.1. The van der Waals surface area contributed by atoms with Gasteiger partial charge in [0.05, 0.1) is 24.5 Å². The maximum Gasteiger partial charge on any atom is 0.308 e. The van der Waals surface area contributed by atoms with Gasteiger partial charge in [-0.3, -0.25) is 19.2 Å². The van der Waals surface area contributed by atoms with Crippen LogP contribution in [0.2, 0.25) is 0 Å². The van der Waals surface area contributed by atoms with Crippen LogP contribution in [0, 0.1) is 34.5 Å². The highest BCUT2D eigenvalue weighted by atomic mass is 35.5. The van der Waals surface area contributed by atoms with Gasteiger partial charge in [0.2, 0.25) is 0 Å². The van der Waals surface area contributed by atoms with Gasteiger partial charge in [-0.2, -0.15) is 0 Å². The van der Waals surface area contributed by atoms with Gasteiger partial charge >= 0.3 is 11.9 Å². The van der Waals surface area contributed by atoms with Crippen LogP contribution in [0.15, 0.2) is 11.6 Å². The van der Waals surface area contributed by atoms with Crippen LogP contribution in [-0.2, 0) is 28.7 Å². The van der Waals surface area contributed by atoms with E-state index in [9.17, 15) is 19.2 Å². The van der Waals surface area contributed by atoms with Crippen molar-refractivity contribution in [2.75, 3.05) is 19.8 Å². The zero-order valence-electron chi connectivity index (χ0n) is 20.9. The second-order valence-electron chi connectivity index (χ2n) is 11.4. The van der Waals surface area contributed by atoms with Crippen molar-refractivity contribution in [3.8, 4) is 0 Å². The van der Waals surface area contributed by atoms with Gasteiger partial charge in [-0.05, 0) is 61.9 Å². The lowest BCUT2D eigenvalue weighted by atomic mass is 9.44. The Morgan fingerprint density at radius 3 is 2.54 bits per heavy atom. The summed E-state index contributed by atoms with van der Waals surface area (Å²) >= 11 is 7.63. The van der Waals surface area contributed by atoms with Crippen molar-refractivity contribution in [1.82, 2.24) is 0 Å². The van der Waals surface area contributed by atoms with Crippen LogP contribution in [0.5, 0.6) is 0 Å². The van der Waals surface area contributed by atoms with Crippen molar-refractivity contribution in [2.45, 2.75) is 77.0 Å². The molecule has 1 N–H and O–H groups in total. The van der Waals surface area contributed by atoms with E-state index in [0.717, 1.165) is 31.3 Å². The first kappa shape index (κ1) is 26.3. The molecule has 194 valence electrons. The smallest absolute Gasteiger partial charge is 0.308 e. The summed E-state index contributed by atoms with van der Waals surface area (Å²) in [5, 5.41) is 9.07. The van der Waals surface area contributed by atoms with Crippen LogP contribution in [0.1, 0.15) is 72.1 Å². The van der Waals surface area contributed by atoms with E-state index in [1.807, 2.05) is 0 Å². The van der Waals surface area contributed by atoms with Gasteiger partial charge in [0.25, 0.3) is 0 Å². The number of carbonyl (C=O) groups excluding carboxylic acids is 4. The van der Waals surface area contributed by atoms with Gasteiger partial charge in [0.15, 0.2) is 11.6 Å². The molecule has 35 heavy (non-hydrogen) atoms. The van der Waals surface area contributed by atoms with Gasteiger partial charge < -0.3 is 14.6 Å². The van der Waals surface area contributed by atoms with E-state index in [0.29, 0.717) is 19.3 Å². The number of halogens is 1. The number of alkyl halides is 1. The molecule has 3 fully saturated rings. The average molecular weight is 509 g/mol. The first-order valence-corrected chi connectivity index (χ1v) is 13.2. The summed E-state index contributed by atoms with van der Waals surface area (Å²) in [5.74, 6) is -0.823. The number of Topliss-reactive ketones (excluding diaryl/α,β-unsaturated/α-hetero) is 1. The van der Waals surface area contributed by atoms with Crippen molar-refractivity contribution >= 4 is 35.1 Å². The summed E-state index contributed by atoms with van der Waals surface area (Å²) in [6.45, 7) is 5.37. The number of ether oxygens (including phenoxy) is 2. The minimum Gasteiger partial charge on any atom is -0.465 e. The SMILES string of the molecule is CC(=O)OCC(=O)[C@H]1CC[C@H]2[C@@H]3C[C@H](COC(=O)CCO)C4=CC(=O)CC[C@]4(C)[C@@]3(Cl)CC[C@]12C. The van der Waals surface area contributed by atoms with Crippen molar-refractivity contribution in [3.63, 3.8) is 0 Å². The zero-order valence-corrected chi connectivity index (χ0v) is 21.7. The Bertz CT molecular complexity index is 944. The summed E-state index contributed by atoms with van der Waals surface area (Å²) in [6, 6.07) is 0. The largest absolute Gasteiger partial charge is 0.465 e. The molecule has 0 aromatic heterocycles. The molecule has 4 aliphatic carbocycles. The molecule has 0 aromatic rings. The van der Waals surface area contributed by atoms with Crippen LogP contribution in [0.25, 0.3) is 0 Å². The van der Waals surface area contributed by atoms with E-state index in [4.69, 9.17) is 26.2 Å². The van der Waals surface area contributed by atoms with Gasteiger partial charge in [0, 0.05) is 30.6 Å². The van der Waals surface area contributed by atoms with E-state index < -0.39 is 22.2 Å². The molecule has 0 amide bonds. The highest BCUT2D eigenvalue weighted by Gasteiger charge is 2.67. The third-order valence-corrected chi connectivity index (χ3v) is 10.7. The molecule has 8 heteroatoms. The Hall–Kier alpha value is -1.73. The first-order valence-electron chi connectivity index (χ1n) is 12.8. The minimum absolute atomic E-state index is 0.0207. The Morgan fingerprint density at radius 1 is 1.11 bits per heavy atom. The van der Waals surface area contributed by atoms with Crippen LogP contribution in [0.4, 0.5) is 0 Å². The van der Waals surface area contributed by atoms with Gasteiger partial charge in [-0.25, -0.2) is 0 Å². The van der Waals surface area contributed by atoms with Crippen LogP contribution >= 0.6 is 11.6 Å². The lowest BCUT2D eigenvalue weighted by Gasteiger charge is -2.64. The number of rotatable bonds is 7. The summed E-state index contributed by atoms with van der Waals surface area (Å²) in [7, 11) is 0. The second-order valence-corrected chi connectivity index (χ2v) is 12.1. The number of carbonyl (C=O) groups is 4. The molecular weight excluding hydrogens is 472 g/mol. The summed E-state index contributed by atoms with van der Waals surface area (Å²) < 4.78 is 10.6. The Kier molecular flexibility index (Phi) is 7.24. The monoisotopic (exact) mass is 508 g/mol. The molecule has 0 unspecified atom stereocenters. The number of ketones is 2. The Labute approximate surface area is 211 Å². The van der Waals surface area contributed by atoms with Gasteiger partial charge in [-0.15, -0.1) is 11.6 Å². The lowest BCUT2D eigenvalue weighted by Crippen LogP contribution is -2.62. The fourth-order valence-corrected chi connectivity index (χ4v) is 8.50. The fourth-order valence-electron chi connectivity index (χ4n) is 7.97. The molecular formula is C27H37ClO7. The van der Waals surface area contributed by atoms with E-state index >= 15 is 0 Å². The van der Waals surface area contributed by atoms with Crippen LogP contribution < -0.4 is 0 Å². The molecule has 7 nitrogen and oxygen atoms in total. The lowest BCUT2D eigenvalue weighted by molar-refractivity contribution is -0.149. The molecule has 0 aliphatic heterocycles. The molecule has 0 aromatic carbocycles. The number of esters is 2. The van der Waals surface area contributed by atoms with Crippen LogP contribution in [-0.4, -0.2) is 53.3 Å². The number of hydrogen-bond acceptors (Lipinski definition) is 7. The minimum atomic E-state index is -0.539. The van der Waals surface area contributed by atoms with Crippen molar-refractivity contribution in [3.05, 3.63) is 11.6 Å². The zero-order chi connectivity index (χ0) is 25.6. The molecule has 0 saturated heterocycles. The summed E-state index contributed by atoms with van der Waals surface area (Å²) in [6.07, 6.45) is 6.65. The molecule has 0 heterocycles. The first-order chi connectivity index (χ1) is 16.5. The third-order valence-electron chi connectivity index (χ3n) is 9.80. The highest BCUT2D eigenvalue weighted by Crippen LogP contribution is 2.71. The highest BCUT2D eigenvalue weighted by molar-refractivity contribution is 6.25. The van der Waals surface area contributed by atoms with Crippen molar-refractivity contribution < 1.29 is 33.8 Å². The molecule has 4 rings (SSSR count). The van der Waals surface area contributed by atoms with E-state index in [2.05, 4.69) is 13.8 Å². The predicted octanol–water partition coefficient (Wildman–Crippen LogP) is 3.78. The number of hydrogen-bond donors (Lipinski definition) is 1. The Morgan fingerprint density at radius 2 is 1.86 bits per heavy atom. The predicted molar refractivity (Wildman–Crippen MR) is 128 cm³/mol. The van der Waals surface area contributed by atoms with Crippen LogP contribution in [0.3, 0.4) is 0 Å². The molecule has 0 bridgehead atoms. The third kappa shape index (κ3) is 4.37. The summed E-state index contributed by atoms with van der Waals surface area (Å²) in [4.78, 5) is 48.2. The second kappa shape index (κ2) is 9.62. The topological polar surface area (TPSA) is 107 Å². The van der Waals surface area contributed by atoms with E-state index in [1.54, 1.807) is 6.08 Å². The summed E-state index contributed by atoms with van der Waals surface area (Å²) in [5.41, 5.74) is 0.349. The standard InChI is InChI=1S/C27H37ClO7/c1-16(30)34-15-23(32)20-5-4-19-22-12-17(14-35-24(33)7-11-29)21-13-18(31)6-8-26(21,3)27(22,28)10-9-25(19,20)2/h13,17,19-20,22,29H,4-12,14-15H2,1-3H3/t17-,19+,20-,22+,25+,26+,27-/m1/s1. The maximum absolute atomic E-state index is 13.0. The fraction of sp³-hybridized carbons (Fsp3) is 0.778. The number of aliphatic hydroxyl groups excluding tert-OH is 1. The molecule has 0 radical (unpaired) electrons. The molecule has 4 aliphatic rings. The quantitative estimate of drug-likeness (QED) is 0.412. The number of aliphatic hydroxyl groups is 1. The molecule has 3 saturated carbocycles. The maximum atomic E-state index is 13.0. The van der Waals surface area contributed by atoms with Crippen molar-refractivity contribution in [2.24, 2.45) is 34.5 Å². The van der Waals surface area contributed by atoms with Gasteiger partial charge in [0.1, 0.15) is 6.61 Å². The molecule has 7 atom stereocenters. The molecule has 0 spiro atoms. The van der Waals surface area contributed by atoms with Gasteiger partial charge in [-0.1, -0.05) is 19.4 Å². The Balaban J connectivity index is 1.64. The number of fused-ring (bicyclic) bond motifs is 5.